The summed E-state index contributed by atoms with van der Waals surface area (Å²) in [5.41, 5.74) is 0.580. The summed E-state index contributed by atoms with van der Waals surface area (Å²) in [5.74, 6) is -1.53. The second-order valence-electron chi connectivity index (χ2n) is 8.87. The molecule has 1 amide bonds. The minimum absolute atomic E-state index is 0.0326. The predicted molar refractivity (Wildman–Crippen MR) is 151 cm³/mol. The standard InChI is InChI=1S/C29H42NO7P/c1-2-3-4-5-6-7-8-9-10-11-12-13-14-15-16-17-18-19-28(31)30-27(29(32)33)24-25-20-22-26(23-21-25)37-38(34,35)36/h6-7,9-10,12-13,15-16,20-23,27H,2-5,8,11,14,17-19,24H2,1H3,(H,30,31)(H,32,33)(H2,34,35,36)/b7-6?,10-9?,13-12?,16-15-/t27-/m0/s1. The average Bonchev–Trinajstić information content (AvgIpc) is 2.85. The molecular formula is C29H42NO7P. The number of aliphatic carboxylic acids is 1. The Morgan fingerprint density at radius 3 is 1.89 bits per heavy atom. The first-order valence-corrected chi connectivity index (χ1v) is 14.7. The van der Waals surface area contributed by atoms with Gasteiger partial charge in [-0.2, -0.15) is 0 Å². The summed E-state index contributed by atoms with van der Waals surface area (Å²) in [6.07, 6.45) is 26.4. The van der Waals surface area contributed by atoms with Crippen LogP contribution in [0.5, 0.6) is 5.75 Å². The number of allylic oxidation sites excluding steroid dienone is 8. The Kier molecular flexibility index (Phi) is 17.5. The molecule has 4 N–H and O–H groups in total. The summed E-state index contributed by atoms with van der Waals surface area (Å²) >= 11 is 0. The Morgan fingerprint density at radius 1 is 0.868 bits per heavy atom. The van der Waals surface area contributed by atoms with Crippen molar-refractivity contribution >= 4 is 19.7 Å². The van der Waals surface area contributed by atoms with Gasteiger partial charge in [0.2, 0.25) is 5.91 Å². The molecule has 8 nitrogen and oxygen atoms in total. The molecule has 0 radical (unpaired) electrons. The summed E-state index contributed by atoms with van der Waals surface area (Å²) in [7, 11) is -4.66. The number of carbonyl (C=O) groups excluding carboxylic acids is 1. The van der Waals surface area contributed by atoms with Gasteiger partial charge in [-0.05, 0) is 62.6 Å². The Hall–Kier alpha value is -2.93. The number of carboxylic acids is 1. The molecule has 1 aromatic carbocycles. The topological polar surface area (TPSA) is 133 Å². The van der Waals surface area contributed by atoms with E-state index in [0.717, 1.165) is 25.7 Å². The molecule has 0 saturated heterocycles. The lowest BCUT2D eigenvalue weighted by atomic mass is 10.1. The fourth-order valence-corrected chi connectivity index (χ4v) is 3.86. The van der Waals surface area contributed by atoms with Gasteiger partial charge in [-0.25, -0.2) is 9.36 Å². The summed E-state index contributed by atoms with van der Waals surface area (Å²) in [4.78, 5) is 41.4. The number of hydrogen-bond donors (Lipinski definition) is 4. The highest BCUT2D eigenvalue weighted by Gasteiger charge is 2.21. The van der Waals surface area contributed by atoms with Crippen molar-refractivity contribution in [3.8, 4) is 5.75 Å². The third kappa shape index (κ3) is 18.3. The van der Waals surface area contributed by atoms with Crippen LogP contribution in [0.3, 0.4) is 0 Å². The van der Waals surface area contributed by atoms with Gasteiger partial charge in [0.05, 0.1) is 0 Å². The van der Waals surface area contributed by atoms with Crippen LogP contribution in [0, 0.1) is 0 Å². The molecule has 0 spiro atoms. The van der Waals surface area contributed by atoms with E-state index in [0.29, 0.717) is 12.0 Å². The highest BCUT2D eigenvalue weighted by atomic mass is 31.2. The van der Waals surface area contributed by atoms with Crippen molar-refractivity contribution in [2.24, 2.45) is 0 Å². The molecule has 0 aliphatic heterocycles. The monoisotopic (exact) mass is 547 g/mol. The van der Waals surface area contributed by atoms with Crippen molar-refractivity contribution in [3.63, 3.8) is 0 Å². The van der Waals surface area contributed by atoms with Gasteiger partial charge in [-0.15, -0.1) is 0 Å². The van der Waals surface area contributed by atoms with Crippen LogP contribution in [0.25, 0.3) is 0 Å². The molecule has 0 saturated carbocycles. The van der Waals surface area contributed by atoms with Crippen LogP contribution in [0.2, 0.25) is 0 Å². The van der Waals surface area contributed by atoms with Crippen LogP contribution in [-0.2, 0) is 20.6 Å². The fourth-order valence-electron chi connectivity index (χ4n) is 3.47. The average molecular weight is 548 g/mol. The van der Waals surface area contributed by atoms with Crippen molar-refractivity contribution in [1.82, 2.24) is 5.32 Å². The van der Waals surface area contributed by atoms with Crippen molar-refractivity contribution in [2.45, 2.75) is 83.6 Å². The number of nitrogens with one attached hydrogen (secondary N) is 1. The zero-order chi connectivity index (χ0) is 28.1. The number of phosphoric ester groups is 1. The third-order valence-corrected chi connectivity index (χ3v) is 5.90. The molecule has 0 heterocycles. The summed E-state index contributed by atoms with van der Waals surface area (Å²) < 4.78 is 15.3. The van der Waals surface area contributed by atoms with Gasteiger partial charge in [0.25, 0.3) is 0 Å². The molecule has 0 fully saturated rings. The maximum absolute atomic E-state index is 12.2. The maximum Gasteiger partial charge on any atom is 0.524 e. The van der Waals surface area contributed by atoms with Gasteiger partial charge in [0.15, 0.2) is 0 Å². The Balaban J connectivity index is 2.22. The lowest BCUT2D eigenvalue weighted by Gasteiger charge is -2.15. The Bertz CT molecular complexity index is 977. The number of unbranched alkanes of at least 4 members (excludes halogenated alkanes) is 4. The largest absolute Gasteiger partial charge is 0.524 e. The second kappa shape index (κ2) is 20.1. The zero-order valence-corrected chi connectivity index (χ0v) is 23.1. The highest BCUT2D eigenvalue weighted by Crippen LogP contribution is 2.37. The highest BCUT2D eigenvalue weighted by molar-refractivity contribution is 7.46. The van der Waals surface area contributed by atoms with Crippen LogP contribution in [-0.4, -0.2) is 32.8 Å². The van der Waals surface area contributed by atoms with E-state index in [9.17, 15) is 19.3 Å². The number of hydrogen-bond acceptors (Lipinski definition) is 4. The van der Waals surface area contributed by atoms with Crippen molar-refractivity contribution < 1.29 is 33.6 Å². The van der Waals surface area contributed by atoms with Crippen LogP contribution < -0.4 is 9.84 Å². The van der Waals surface area contributed by atoms with Crippen LogP contribution in [0.4, 0.5) is 0 Å². The van der Waals surface area contributed by atoms with E-state index in [1.807, 2.05) is 6.08 Å². The first-order valence-electron chi connectivity index (χ1n) is 13.2. The normalized spacial score (nSPS) is 13.1. The molecule has 210 valence electrons. The SMILES string of the molecule is CCCCCC=CCC=CCC=CC/C=C\CCCC(=O)N[C@@H](Cc1ccc(OP(=O)(O)O)cc1)C(=O)O. The fraction of sp³-hybridized carbons (Fsp3) is 0.448. The smallest absolute Gasteiger partial charge is 0.480 e. The van der Waals surface area contributed by atoms with Crippen LogP contribution in [0.15, 0.2) is 72.9 Å². The van der Waals surface area contributed by atoms with Gasteiger partial charge in [-0.3, -0.25) is 14.6 Å². The van der Waals surface area contributed by atoms with E-state index in [1.165, 1.54) is 49.9 Å². The van der Waals surface area contributed by atoms with Gasteiger partial charge in [0, 0.05) is 12.8 Å². The Labute approximate surface area is 226 Å². The van der Waals surface area contributed by atoms with Gasteiger partial charge in [0.1, 0.15) is 11.8 Å². The molecule has 1 atom stereocenters. The maximum atomic E-state index is 12.2. The van der Waals surface area contributed by atoms with E-state index in [1.54, 1.807) is 0 Å². The first kappa shape index (κ1) is 33.1. The van der Waals surface area contributed by atoms with Gasteiger partial charge >= 0.3 is 13.8 Å². The van der Waals surface area contributed by atoms with Crippen molar-refractivity contribution in [2.75, 3.05) is 0 Å². The first-order chi connectivity index (χ1) is 18.2. The molecule has 0 unspecified atom stereocenters. The number of carbonyl (C=O) groups is 2. The molecule has 38 heavy (non-hydrogen) atoms. The lowest BCUT2D eigenvalue weighted by molar-refractivity contribution is -0.141. The molecule has 0 aromatic heterocycles. The second-order valence-corrected chi connectivity index (χ2v) is 10.0. The molecule has 9 heteroatoms. The van der Waals surface area contributed by atoms with Crippen LogP contribution >= 0.6 is 7.82 Å². The third-order valence-electron chi connectivity index (χ3n) is 5.45. The van der Waals surface area contributed by atoms with Gasteiger partial charge in [-0.1, -0.05) is 80.5 Å². The number of amides is 1. The van der Waals surface area contributed by atoms with Crippen molar-refractivity contribution in [3.05, 3.63) is 78.4 Å². The Morgan fingerprint density at radius 2 is 1.39 bits per heavy atom. The quantitative estimate of drug-likeness (QED) is 0.0841. The number of rotatable bonds is 20. The zero-order valence-electron chi connectivity index (χ0n) is 22.2. The summed E-state index contributed by atoms with van der Waals surface area (Å²) in [5, 5.41) is 12.0. The summed E-state index contributed by atoms with van der Waals surface area (Å²) in [6.45, 7) is 2.21. The summed E-state index contributed by atoms with van der Waals surface area (Å²) in [6, 6.07) is 4.56. The van der Waals surface area contributed by atoms with E-state index < -0.39 is 19.8 Å². The number of benzene rings is 1. The minimum Gasteiger partial charge on any atom is -0.480 e. The molecule has 1 rings (SSSR count). The lowest BCUT2D eigenvalue weighted by Crippen LogP contribution is -2.42. The van der Waals surface area contributed by atoms with E-state index >= 15 is 0 Å². The molecule has 0 aliphatic carbocycles. The van der Waals surface area contributed by atoms with E-state index in [2.05, 4.69) is 59.3 Å². The number of carboxylic acid groups (broad SMARTS) is 1. The predicted octanol–water partition coefficient (Wildman–Crippen LogP) is 6.42. The van der Waals surface area contributed by atoms with E-state index in [-0.39, 0.29) is 24.5 Å². The minimum atomic E-state index is -4.66. The van der Waals surface area contributed by atoms with E-state index in [4.69, 9.17) is 9.79 Å². The van der Waals surface area contributed by atoms with Gasteiger partial charge < -0.3 is 14.9 Å². The number of phosphoric acid groups is 1. The molecule has 0 bridgehead atoms. The molecule has 1 aromatic rings. The van der Waals surface area contributed by atoms with Crippen molar-refractivity contribution in [1.29, 1.82) is 0 Å². The molecule has 0 aliphatic rings. The molecular weight excluding hydrogens is 505 g/mol. The van der Waals surface area contributed by atoms with Crippen LogP contribution in [0.1, 0.15) is 76.7 Å².